The zero-order valence-electron chi connectivity index (χ0n) is 9.46. The molecule has 82 valence electrons. The Kier molecular flexibility index (Phi) is 5.92. The lowest BCUT2D eigenvalue weighted by Gasteiger charge is -2.20. The molecular weight excluding hydrogens is 180 g/mol. The monoisotopic (exact) mass is 200 g/mol. The Balaban J connectivity index is 4.01. The van der Waals surface area contributed by atoms with Gasteiger partial charge in [-0.3, -0.25) is 9.59 Å². The minimum Gasteiger partial charge on any atom is -0.345 e. The predicted octanol–water partition coefficient (Wildman–Crippen LogP) is 0.770. The average molecular weight is 200 g/mol. The van der Waals surface area contributed by atoms with Crippen LogP contribution in [-0.2, 0) is 9.59 Å². The molecule has 4 nitrogen and oxygen atoms in total. The molecule has 0 aliphatic heterocycles. The van der Waals surface area contributed by atoms with E-state index in [1.807, 2.05) is 13.8 Å². The lowest BCUT2D eigenvalue weighted by molar-refractivity contribution is -0.134. The van der Waals surface area contributed by atoms with E-state index >= 15 is 0 Å². The van der Waals surface area contributed by atoms with Crippen molar-refractivity contribution in [1.29, 1.82) is 0 Å². The molecule has 0 fully saturated rings. The summed E-state index contributed by atoms with van der Waals surface area (Å²) in [6, 6.07) is -0.418. The number of nitrogens with one attached hydrogen (secondary N) is 1. The second kappa shape index (κ2) is 6.40. The Bertz CT molecular complexity index is 204. The summed E-state index contributed by atoms with van der Waals surface area (Å²) in [6.45, 7) is 6.21. The molecule has 0 aromatic rings. The maximum atomic E-state index is 11.5. The van der Waals surface area contributed by atoms with Gasteiger partial charge in [0, 0.05) is 20.0 Å². The standard InChI is InChI=1S/C10H20N2O2/c1-5-7-9(13)11-8(3)10(14)12(4)6-2/h8H,5-7H2,1-4H3,(H,11,13). The second-order valence-corrected chi connectivity index (χ2v) is 3.39. The fourth-order valence-corrected chi connectivity index (χ4v) is 1.09. The second-order valence-electron chi connectivity index (χ2n) is 3.39. The lowest BCUT2D eigenvalue weighted by atomic mass is 10.2. The minimum atomic E-state index is -0.418. The van der Waals surface area contributed by atoms with E-state index in [4.69, 9.17) is 0 Å². The summed E-state index contributed by atoms with van der Waals surface area (Å²) >= 11 is 0. The summed E-state index contributed by atoms with van der Waals surface area (Å²) in [5.74, 6) is -0.102. The predicted molar refractivity (Wildman–Crippen MR) is 55.8 cm³/mol. The van der Waals surface area contributed by atoms with E-state index in [1.54, 1.807) is 18.9 Å². The van der Waals surface area contributed by atoms with E-state index in [1.165, 1.54) is 0 Å². The molecule has 0 saturated heterocycles. The van der Waals surface area contributed by atoms with Gasteiger partial charge < -0.3 is 10.2 Å². The van der Waals surface area contributed by atoms with Crippen LogP contribution in [0.25, 0.3) is 0 Å². The van der Waals surface area contributed by atoms with Gasteiger partial charge in [0.05, 0.1) is 0 Å². The molecule has 0 aromatic heterocycles. The van der Waals surface area contributed by atoms with Gasteiger partial charge in [-0.25, -0.2) is 0 Å². The van der Waals surface area contributed by atoms with E-state index in [-0.39, 0.29) is 11.8 Å². The first-order chi connectivity index (χ1) is 6.52. The summed E-state index contributed by atoms with van der Waals surface area (Å²) in [7, 11) is 1.73. The van der Waals surface area contributed by atoms with Crippen molar-refractivity contribution in [1.82, 2.24) is 10.2 Å². The van der Waals surface area contributed by atoms with Gasteiger partial charge in [-0.1, -0.05) is 6.92 Å². The van der Waals surface area contributed by atoms with Crippen LogP contribution in [0.1, 0.15) is 33.6 Å². The van der Waals surface area contributed by atoms with Gasteiger partial charge in [0.1, 0.15) is 6.04 Å². The van der Waals surface area contributed by atoms with Crippen molar-refractivity contribution < 1.29 is 9.59 Å². The van der Waals surface area contributed by atoms with Crippen LogP contribution in [0.15, 0.2) is 0 Å². The highest BCUT2D eigenvalue weighted by molar-refractivity contribution is 5.87. The van der Waals surface area contributed by atoms with Crippen LogP contribution in [-0.4, -0.2) is 36.3 Å². The highest BCUT2D eigenvalue weighted by Crippen LogP contribution is 1.93. The number of nitrogens with zero attached hydrogens (tertiary/aromatic N) is 1. The highest BCUT2D eigenvalue weighted by atomic mass is 16.2. The molecule has 1 atom stereocenters. The lowest BCUT2D eigenvalue weighted by Crippen LogP contribution is -2.45. The van der Waals surface area contributed by atoms with E-state index < -0.39 is 6.04 Å². The quantitative estimate of drug-likeness (QED) is 0.712. The fraction of sp³-hybridized carbons (Fsp3) is 0.800. The Labute approximate surface area is 85.7 Å². The number of rotatable bonds is 5. The van der Waals surface area contributed by atoms with E-state index in [0.717, 1.165) is 6.42 Å². The number of hydrogen-bond acceptors (Lipinski definition) is 2. The minimum absolute atomic E-state index is 0.0445. The summed E-state index contributed by atoms with van der Waals surface area (Å²) in [5.41, 5.74) is 0. The molecule has 0 spiro atoms. The third-order valence-corrected chi connectivity index (χ3v) is 2.08. The topological polar surface area (TPSA) is 49.4 Å². The van der Waals surface area contributed by atoms with Crippen LogP contribution in [0.2, 0.25) is 0 Å². The third kappa shape index (κ3) is 4.25. The van der Waals surface area contributed by atoms with E-state index in [9.17, 15) is 9.59 Å². The number of carbonyl (C=O) groups excluding carboxylic acids is 2. The zero-order chi connectivity index (χ0) is 11.1. The molecule has 0 saturated carbocycles. The van der Waals surface area contributed by atoms with Gasteiger partial charge in [0.25, 0.3) is 0 Å². The van der Waals surface area contributed by atoms with Gasteiger partial charge >= 0.3 is 0 Å². The van der Waals surface area contributed by atoms with Gasteiger partial charge in [-0.15, -0.1) is 0 Å². The van der Waals surface area contributed by atoms with Crippen molar-refractivity contribution in [3.63, 3.8) is 0 Å². The molecule has 0 aromatic carbocycles. The molecule has 1 N–H and O–H groups in total. The third-order valence-electron chi connectivity index (χ3n) is 2.08. The molecule has 0 bridgehead atoms. The van der Waals surface area contributed by atoms with Crippen molar-refractivity contribution in [2.24, 2.45) is 0 Å². The van der Waals surface area contributed by atoms with E-state index in [2.05, 4.69) is 5.32 Å². The van der Waals surface area contributed by atoms with Gasteiger partial charge in [0.15, 0.2) is 0 Å². The summed E-state index contributed by atoms with van der Waals surface area (Å²) in [6.07, 6.45) is 1.28. The van der Waals surface area contributed by atoms with Crippen LogP contribution in [0.3, 0.4) is 0 Å². The molecule has 0 radical (unpaired) electrons. The summed E-state index contributed by atoms with van der Waals surface area (Å²) < 4.78 is 0. The van der Waals surface area contributed by atoms with Crippen LogP contribution >= 0.6 is 0 Å². The molecule has 4 heteroatoms. The molecule has 2 amide bonds. The van der Waals surface area contributed by atoms with Gasteiger partial charge in [0.2, 0.25) is 11.8 Å². The Morgan fingerprint density at radius 2 is 1.93 bits per heavy atom. The number of likely N-dealkylation sites (N-methyl/N-ethyl adjacent to an activating group) is 1. The smallest absolute Gasteiger partial charge is 0.244 e. The van der Waals surface area contributed by atoms with Crippen LogP contribution in [0.4, 0.5) is 0 Å². The van der Waals surface area contributed by atoms with Crippen LogP contribution in [0, 0.1) is 0 Å². The first-order valence-electron chi connectivity index (χ1n) is 5.07. The Morgan fingerprint density at radius 3 is 2.36 bits per heavy atom. The normalized spacial score (nSPS) is 12.0. The number of carbonyl (C=O) groups is 2. The first kappa shape index (κ1) is 12.9. The molecular formula is C10H20N2O2. The highest BCUT2D eigenvalue weighted by Gasteiger charge is 2.17. The van der Waals surface area contributed by atoms with E-state index in [0.29, 0.717) is 13.0 Å². The van der Waals surface area contributed by atoms with Gasteiger partial charge in [-0.2, -0.15) is 0 Å². The molecule has 0 aliphatic rings. The summed E-state index contributed by atoms with van der Waals surface area (Å²) in [5, 5.41) is 2.67. The Morgan fingerprint density at radius 1 is 1.36 bits per heavy atom. The van der Waals surface area contributed by atoms with Crippen molar-refractivity contribution in [3.05, 3.63) is 0 Å². The maximum absolute atomic E-state index is 11.5. The number of amides is 2. The average Bonchev–Trinajstić information content (AvgIpc) is 2.15. The molecule has 14 heavy (non-hydrogen) atoms. The Hall–Kier alpha value is -1.06. The largest absolute Gasteiger partial charge is 0.345 e. The number of hydrogen-bond donors (Lipinski definition) is 1. The van der Waals surface area contributed by atoms with Crippen LogP contribution in [0.5, 0.6) is 0 Å². The van der Waals surface area contributed by atoms with Crippen molar-refractivity contribution >= 4 is 11.8 Å². The SMILES string of the molecule is CCCC(=O)NC(C)C(=O)N(C)CC. The summed E-state index contributed by atoms with van der Waals surface area (Å²) in [4.78, 5) is 24.3. The molecule has 1 unspecified atom stereocenters. The van der Waals surface area contributed by atoms with Crippen molar-refractivity contribution in [2.45, 2.75) is 39.7 Å². The first-order valence-corrected chi connectivity index (χ1v) is 5.07. The van der Waals surface area contributed by atoms with Crippen LogP contribution < -0.4 is 5.32 Å². The zero-order valence-corrected chi connectivity index (χ0v) is 9.46. The maximum Gasteiger partial charge on any atom is 0.244 e. The van der Waals surface area contributed by atoms with Crippen molar-refractivity contribution in [2.75, 3.05) is 13.6 Å². The molecule has 0 heterocycles. The molecule has 0 rings (SSSR count). The fourth-order valence-electron chi connectivity index (χ4n) is 1.09. The van der Waals surface area contributed by atoms with Gasteiger partial charge in [-0.05, 0) is 20.3 Å². The van der Waals surface area contributed by atoms with Crippen molar-refractivity contribution in [3.8, 4) is 0 Å². The molecule has 0 aliphatic carbocycles.